The number of piperidine rings is 1. The Bertz CT molecular complexity index is 481. The normalized spacial score (nSPS) is 16.8. The topological polar surface area (TPSA) is 35.6 Å². The molecule has 1 heterocycles. The molecule has 1 aromatic rings. The molecule has 0 aliphatic carbocycles. The van der Waals surface area contributed by atoms with Crippen molar-refractivity contribution in [2.24, 2.45) is 0 Å². The second-order valence-electron chi connectivity index (χ2n) is 5.41. The maximum absolute atomic E-state index is 13.1. The van der Waals surface area contributed by atoms with Gasteiger partial charge in [-0.25, -0.2) is 13.6 Å². The number of nitrogens with zero attached hydrogens (tertiary/aromatic N) is 2. The molecular formula is C15H21F2N3O. The highest BCUT2D eigenvalue weighted by molar-refractivity contribution is 5.89. The fourth-order valence-electron chi connectivity index (χ4n) is 2.70. The van der Waals surface area contributed by atoms with Gasteiger partial charge in [-0.2, -0.15) is 0 Å². The first-order valence-corrected chi connectivity index (χ1v) is 7.22. The van der Waals surface area contributed by atoms with E-state index in [0.717, 1.165) is 44.1 Å². The molecule has 1 aromatic carbocycles. The van der Waals surface area contributed by atoms with Crippen molar-refractivity contribution in [1.29, 1.82) is 0 Å². The highest BCUT2D eigenvalue weighted by Crippen LogP contribution is 2.18. The van der Waals surface area contributed by atoms with Crippen LogP contribution < -0.4 is 5.32 Å². The van der Waals surface area contributed by atoms with Gasteiger partial charge >= 0.3 is 6.03 Å². The van der Waals surface area contributed by atoms with Crippen molar-refractivity contribution < 1.29 is 13.6 Å². The summed E-state index contributed by atoms with van der Waals surface area (Å²) in [5.41, 5.74) is 0.142. The standard InChI is InChI=1S/C15H21F2N3O/c1-3-20(14-4-6-19(2)7-5-14)15(21)18-13-9-11(16)8-12(17)10-13/h8-10,14H,3-7H2,1-2H3,(H,18,21). The van der Waals surface area contributed by atoms with Gasteiger partial charge in [-0.1, -0.05) is 0 Å². The number of rotatable bonds is 3. The van der Waals surface area contributed by atoms with Crippen molar-refractivity contribution in [2.45, 2.75) is 25.8 Å². The lowest BCUT2D eigenvalue weighted by Crippen LogP contribution is -2.48. The van der Waals surface area contributed by atoms with Crippen LogP contribution in [0.5, 0.6) is 0 Å². The van der Waals surface area contributed by atoms with E-state index in [4.69, 9.17) is 0 Å². The van der Waals surface area contributed by atoms with E-state index >= 15 is 0 Å². The SMILES string of the molecule is CCN(C(=O)Nc1cc(F)cc(F)c1)C1CCN(C)CC1. The molecule has 1 aliphatic heterocycles. The molecule has 2 amide bonds. The molecule has 6 heteroatoms. The number of likely N-dealkylation sites (tertiary alicyclic amines) is 1. The van der Waals surface area contributed by atoms with Crippen LogP contribution >= 0.6 is 0 Å². The molecule has 0 aromatic heterocycles. The minimum Gasteiger partial charge on any atom is -0.322 e. The molecule has 1 saturated heterocycles. The smallest absolute Gasteiger partial charge is 0.322 e. The van der Waals surface area contributed by atoms with Crippen LogP contribution in [-0.4, -0.2) is 48.6 Å². The highest BCUT2D eigenvalue weighted by Gasteiger charge is 2.25. The lowest BCUT2D eigenvalue weighted by molar-refractivity contribution is 0.143. The van der Waals surface area contributed by atoms with E-state index in [9.17, 15) is 13.6 Å². The Kier molecular flexibility index (Phi) is 5.12. The fraction of sp³-hybridized carbons (Fsp3) is 0.533. The van der Waals surface area contributed by atoms with Gasteiger partial charge in [0.1, 0.15) is 11.6 Å². The molecule has 0 radical (unpaired) electrons. The summed E-state index contributed by atoms with van der Waals surface area (Å²) < 4.78 is 26.3. The lowest BCUT2D eigenvalue weighted by Gasteiger charge is -2.36. The van der Waals surface area contributed by atoms with Crippen LogP contribution in [-0.2, 0) is 0 Å². The molecule has 116 valence electrons. The maximum atomic E-state index is 13.1. The van der Waals surface area contributed by atoms with Gasteiger partial charge in [0, 0.05) is 24.3 Å². The van der Waals surface area contributed by atoms with Gasteiger partial charge in [0.2, 0.25) is 0 Å². The number of carbonyl (C=O) groups is 1. The van der Waals surface area contributed by atoms with E-state index < -0.39 is 11.6 Å². The summed E-state index contributed by atoms with van der Waals surface area (Å²) in [7, 11) is 2.06. The zero-order valence-electron chi connectivity index (χ0n) is 12.4. The molecule has 1 N–H and O–H groups in total. The predicted octanol–water partition coefficient (Wildman–Crippen LogP) is 2.91. The van der Waals surface area contributed by atoms with Crippen LogP contribution in [0.4, 0.5) is 19.3 Å². The summed E-state index contributed by atoms with van der Waals surface area (Å²) in [5.74, 6) is -1.40. The zero-order chi connectivity index (χ0) is 15.4. The van der Waals surface area contributed by atoms with Crippen LogP contribution in [0.2, 0.25) is 0 Å². The first-order valence-electron chi connectivity index (χ1n) is 7.22. The number of hydrogen-bond acceptors (Lipinski definition) is 2. The third-order valence-corrected chi connectivity index (χ3v) is 3.84. The van der Waals surface area contributed by atoms with E-state index in [0.29, 0.717) is 6.54 Å². The number of carbonyl (C=O) groups excluding carboxylic acids is 1. The van der Waals surface area contributed by atoms with Crippen molar-refractivity contribution in [3.05, 3.63) is 29.8 Å². The molecule has 0 unspecified atom stereocenters. The minimum atomic E-state index is -0.701. The largest absolute Gasteiger partial charge is 0.322 e. The number of hydrogen-bond donors (Lipinski definition) is 1. The van der Waals surface area contributed by atoms with Crippen molar-refractivity contribution in [3.8, 4) is 0 Å². The molecule has 1 fully saturated rings. The van der Waals surface area contributed by atoms with E-state index in [1.807, 2.05) is 6.92 Å². The van der Waals surface area contributed by atoms with Crippen molar-refractivity contribution >= 4 is 11.7 Å². The molecule has 0 bridgehead atoms. The highest BCUT2D eigenvalue weighted by atomic mass is 19.1. The van der Waals surface area contributed by atoms with Crippen molar-refractivity contribution in [2.75, 3.05) is 32.0 Å². The van der Waals surface area contributed by atoms with Gasteiger partial charge in [0.15, 0.2) is 0 Å². The zero-order valence-corrected chi connectivity index (χ0v) is 12.4. The van der Waals surface area contributed by atoms with Gasteiger partial charge in [0.25, 0.3) is 0 Å². The minimum absolute atomic E-state index is 0.142. The molecule has 4 nitrogen and oxygen atoms in total. The Labute approximate surface area is 123 Å². The third kappa shape index (κ3) is 4.14. The average molecular weight is 297 g/mol. The Morgan fingerprint density at radius 1 is 1.29 bits per heavy atom. The number of amides is 2. The Hall–Kier alpha value is -1.69. The van der Waals surface area contributed by atoms with Crippen LogP contribution in [0.3, 0.4) is 0 Å². The number of nitrogens with one attached hydrogen (secondary N) is 1. The first-order chi connectivity index (χ1) is 9.99. The number of anilines is 1. The van der Waals surface area contributed by atoms with Gasteiger partial charge < -0.3 is 15.1 Å². The van der Waals surface area contributed by atoms with Crippen LogP contribution in [0.15, 0.2) is 18.2 Å². The van der Waals surface area contributed by atoms with Gasteiger partial charge in [-0.15, -0.1) is 0 Å². The molecular weight excluding hydrogens is 276 g/mol. The second kappa shape index (κ2) is 6.85. The summed E-state index contributed by atoms with van der Waals surface area (Å²) in [6, 6.07) is 2.87. The van der Waals surface area contributed by atoms with E-state index in [1.54, 1.807) is 4.90 Å². The fourth-order valence-corrected chi connectivity index (χ4v) is 2.70. The summed E-state index contributed by atoms with van der Waals surface area (Å²) in [4.78, 5) is 16.3. The van der Waals surface area contributed by atoms with Crippen LogP contribution in [0, 0.1) is 11.6 Å². The Balaban J connectivity index is 2.02. The number of benzene rings is 1. The lowest BCUT2D eigenvalue weighted by atomic mass is 10.0. The summed E-state index contributed by atoms with van der Waals surface area (Å²) in [6.07, 6.45) is 1.82. The van der Waals surface area contributed by atoms with Crippen molar-refractivity contribution in [1.82, 2.24) is 9.80 Å². The number of halogens is 2. The van der Waals surface area contributed by atoms with E-state index in [2.05, 4.69) is 17.3 Å². The van der Waals surface area contributed by atoms with E-state index in [1.165, 1.54) is 0 Å². The molecule has 2 rings (SSSR count). The summed E-state index contributed by atoms with van der Waals surface area (Å²) in [6.45, 7) is 4.37. The average Bonchev–Trinajstić information content (AvgIpc) is 2.40. The third-order valence-electron chi connectivity index (χ3n) is 3.84. The Morgan fingerprint density at radius 2 is 1.86 bits per heavy atom. The van der Waals surface area contributed by atoms with Gasteiger partial charge in [-0.05, 0) is 52.0 Å². The van der Waals surface area contributed by atoms with Crippen molar-refractivity contribution in [3.63, 3.8) is 0 Å². The van der Waals surface area contributed by atoms with Gasteiger partial charge in [-0.3, -0.25) is 0 Å². The van der Waals surface area contributed by atoms with Gasteiger partial charge in [0.05, 0.1) is 0 Å². The molecule has 0 spiro atoms. The molecule has 1 aliphatic rings. The Morgan fingerprint density at radius 3 is 2.38 bits per heavy atom. The number of urea groups is 1. The quantitative estimate of drug-likeness (QED) is 0.931. The van der Waals surface area contributed by atoms with Crippen LogP contribution in [0.25, 0.3) is 0 Å². The predicted molar refractivity (Wildman–Crippen MR) is 78.3 cm³/mol. The molecule has 0 saturated carbocycles. The first kappa shape index (κ1) is 15.7. The van der Waals surface area contributed by atoms with Crippen LogP contribution in [0.1, 0.15) is 19.8 Å². The summed E-state index contributed by atoms with van der Waals surface area (Å²) in [5, 5.41) is 2.58. The van der Waals surface area contributed by atoms with E-state index in [-0.39, 0.29) is 17.8 Å². The molecule has 0 atom stereocenters. The monoisotopic (exact) mass is 297 g/mol. The molecule has 21 heavy (non-hydrogen) atoms. The maximum Gasteiger partial charge on any atom is 0.322 e. The summed E-state index contributed by atoms with van der Waals surface area (Å²) >= 11 is 0. The second-order valence-corrected chi connectivity index (χ2v) is 5.41.